The Kier molecular flexibility index (Phi) is 4.48. The first-order valence-corrected chi connectivity index (χ1v) is 6.79. The van der Waals surface area contributed by atoms with Gasteiger partial charge in [0.2, 0.25) is 0 Å². The van der Waals surface area contributed by atoms with Crippen LogP contribution in [0.25, 0.3) is 0 Å². The van der Waals surface area contributed by atoms with Crippen LogP contribution in [0, 0.1) is 5.92 Å². The molecule has 15 heavy (non-hydrogen) atoms. The van der Waals surface area contributed by atoms with Gasteiger partial charge in [0.05, 0.1) is 0 Å². The second-order valence-corrected chi connectivity index (χ2v) is 5.15. The predicted molar refractivity (Wildman–Crippen MR) is 66.2 cm³/mol. The molecule has 0 saturated carbocycles. The number of rotatable bonds is 5. The van der Waals surface area contributed by atoms with Crippen LogP contribution in [-0.2, 0) is 6.42 Å². The molecule has 1 aliphatic rings. The number of pyridine rings is 1. The van der Waals surface area contributed by atoms with Gasteiger partial charge in [-0.25, -0.2) is 0 Å². The molecule has 0 aliphatic carbocycles. The van der Waals surface area contributed by atoms with Gasteiger partial charge >= 0.3 is 0 Å². The molecule has 1 saturated heterocycles. The fraction of sp³-hybridized carbons (Fsp3) is 0.583. The average Bonchev–Trinajstić information content (AvgIpc) is 2.79. The standard InChI is InChI=1S/C12H18N2S/c1-2-6-14-12(3-1)4-7-13-9-11-5-8-15-10-11/h1-3,6,11,13H,4-5,7-10H2. The van der Waals surface area contributed by atoms with Gasteiger partial charge in [0.15, 0.2) is 0 Å². The van der Waals surface area contributed by atoms with Crippen molar-refractivity contribution in [1.29, 1.82) is 0 Å². The van der Waals surface area contributed by atoms with Crippen molar-refractivity contribution < 1.29 is 0 Å². The minimum atomic E-state index is 0.902. The summed E-state index contributed by atoms with van der Waals surface area (Å²) in [5, 5.41) is 3.52. The third-order valence-corrected chi connectivity index (χ3v) is 3.97. The van der Waals surface area contributed by atoms with Crippen molar-refractivity contribution in [3.8, 4) is 0 Å². The lowest BCUT2D eigenvalue weighted by atomic mass is 10.1. The normalized spacial score (nSPS) is 20.7. The molecule has 0 amide bonds. The highest BCUT2D eigenvalue weighted by atomic mass is 32.2. The Morgan fingerprint density at radius 3 is 3.20 bits per heavy atom. The quantitative estimate of drug-likeness (QED) is 0.771. The SMILES string of the molecule is c1ccc(CCNCC2CCSC2)nc1. The molecular formula is C12H18N2S. The average molecular weight is 222 g/mol. The molecule has 0 aromatic carbocycles. The Bertz CT molecular complexity index is 270. The number of nitrogens with one attached hydrogen (secondary N) is 1. The Labute approximate surface area is 95.9 Å². The van der Waals surface area contributed by atoms with Crippen LogP contribution in [0.2, 0.25) is 0 Å². The second-order valence-electron chi connectivity index (χ2n) is 4.00. The predicted octanol–water partition coefficient (Wildman–Crippen LogP) is 1.97. The van der Waals surface area contributed by atoms with Crippen molar-refractivity contribution in [2.75, 3.05) is 24.6 Å². The van der Waals surface area contributed by atoms with Gasteiger partial charge < -0.3 is 5.32 Å². The summed E-state index contributed by atoms with van der Waals surface area (Å²) < 4.78 is 0. The maximum Gasteiger partial charge on any atom is 0.0416 e. The Balaban J connectivity index is 1.59. The van der Waals surface area contributed by atoms with Crippen LogP contribution in [0.5, 0.6) is 0 Å². The number of hydrogen-bond acceptors (Lipinski definition) is 3. The van der Waals surface area contributed by atoms with Crippen molar-refractivity contribution in [3.05, 3.63) is 30.1 Å². The lowest BCUT2D eigenvalue weighted by molar-refractivity contribution is 0.524. The van der Waals surface area contributed by atoms with Crippen LogP contribution in [0.3, 0.4) is 0 Å². The molecule has 2 heterocycles. The van der Waals surface area contributed by atoms with Gasteiger partial charge in [-0.2, -0.15) is 11.8 Å². The molecule has 1 fully saturated rings. The van der Waals surface area contributed by atoms with Crippen molar-refractivity contribution in [1.82, 2.24) is 10.3 Å². The van der Waals surface area contributed by atoms with E-state index in [0.717, 1.165) is 18.9 Å². The van der Waals surface area contributed by atoms with E-state index >= 15 is 0 Å². The Hall–Kier alpha value is -0.540. The van der Waals surface area contributed by atoms with E-state index in [-0.39, 0.29) is 0 Å². The molecule has 3 heteroatoms. The fourth-order valence-electron chi connectivity index (χ4n) is 1.81. The maximum atomic E-state index is 4.30. The summed E-state index contributed by atoms with van der Waals surface area (Å²) in [6, 6.07) is 6.11. The van der Waals surface area contributed by atoms with E-state index < -0.39 is 0 Å². The van der Waals surface area contributed by atoms with Gasteiger partial charge in [0, 0.05) is 24.9 Å². The van der Waals surface area contributed by atoms with Gasteiger partial charge in [-0.1, -0.05) is 6.07 Å². The van der Waals surface area contributed by atoms with Gasteiger partial charge in [0.1, 0.15) is 0 Å². The zero-order chi connectivity index (χ0) is 10.3. The summed E-state index contributed by atoms with van der Waals surface area (Å²) in [4.78, 5) is 4.30. The van der Waals surface area contributed by atoms with E-state index in [1.165, 1.54) is 30.2 Å². The largest absolute Gasteiger partial charge is 0.316 e. The first-order chi connectivity index (χ1) is 7.45. The van der Waals surface area contributed by atoms with Crippen molar-refractivity contribution in [2.45, 2.75) is 12.8 Å². The highest BCUT2D eigenvalue weighted by Crippen LogP contribution is 2.22. The number of aromatic nitrogens is 1. The summed E-state index contributed by atoms with van der Waals surface area (Å²) in [5.41, 5.74) is 1.19. The summed E-state index contributed by atoms with van der Waals surface area (Å²) in [7, 11) is 0. The van der Waals surface area contributed by atoms with Crippen molar-refractivity contribution >= 4 is 11.8 Å². The molecule has 2 rings (SSSR count). The lowest BCUT2D eigenvalue weighted by Gasteiger charge is -2.09. The van der Waals surface area contributed by atoms with Gasteiger partial charge in [0.25, 0.3) is 0 Å². The molecule has 1 atom stereocenters. The van der Waals surface area contributed by atoms with Crippen LogP contribution >= 0.6 is 11.8 Å². The second kappa shape index (κ2) is 6.13. The molecule has 1 N–H and O–H groups in total. The number of thioether (sulfide) groups is 1. The highest BCUT2D eigenvalue weighted by molar-refractivity contribution is 7.99. The summed E-state index contributed by atoms with van der Waals surface area (Å²) in [5.74, 6) is 3.60. The molecule has 1 aromatic rings. The van der Waals surface area contributed by atoms with E-state index in [9.17, 15) is 0 Å². The monoisotopic (exact) mass is 222 g/mol. The highest BCUT2D eigenvalue weighted by Gasteiger charge is 2.14. The minimum absolute atomic E-state index is 0.902. The first-order valence-electron chi connectivity index (χ1n) is 5.63. The number of nitrogens with zero attached hydrogens (tertiary/aromatic N) is 1. The molecule has 1 aromatic heterocycles. The third kappa shape index (κ3) is 3.84. The summed E-state index contributed by atoms with van der Waals surface area (Å²) >= 11 is 2.08. The molecule has 1 aliphatic heterocycles. The van der Waals surface area contributed by atoms with Crippen LogP contribution in [0.15, 0.2) is 24.4 Å². The summed E-state index contributed by atoms with van der Waals surface area (Å²) in [6.45, 7) is 2.23. The van der Waals surface area contributed by atoms with Crippen molar-refractivity contribution in [3.63, 3.8) is 0 Å². The molecule has 82 valence electrons. The minimum Gasteiger partial charge on any atom is -0.316 e. The van der Waals surface area contributed by atoms with Crippen LogP contribution < -0.4 is 5.32 Å². The van der Waals surface area contributed by atoms with Crippen LogP contribution in [-0.4, -0.2) is 29.6 Å². The number of hydrogen-bond donors (Lipinski definition) is 1. The molecule has 0 spiro atoms. The fourth-order valence-corrected chi connectivity index (χ4v) is 3.10. The molecule has 1 unspecified atom stereocenters. The van der Waals surface area contributed by atoms with E-state index in [1.54, 1.807) is 0 Å². The zero-order valence-corrected chi connectivity index (χ0v) is 9.80. The van der Waals surface area contributed by atoms with Crippen molar-refractivity contribution in [2.24, 2.45) is 5.92 Å². The molecule has 0 radical (unpaired) electrons. The van der Waals surface area contributed by atoms with Gasteiger partial charge in [-0.05, 0) is 42.5 Å². The Morgan fingerprint density at radius 2 is 2.47 bits per heavy atom. The molecule has 0 bridgehead atoms. The van der Waals surface area contributed by atoms with E-state index in [0.29, 0.717) is 0 Å². The van der Waals surface area contributed by atoms with E-state index in [2.05, 4.69) is 34.2 Å². The maximum absolute atomic E-state index is 4.30. The Morgan fingerprint density at radius 1 is 1.47 bits per heavy atom. The lowest BCUT2D eigenvalue weighted by Crippen LogP contribution is -2.24. The topological polar surface area (TPSA) is 24.9 Å². The van der Waals surface area contributed by atoms with E-state index in [4.69, 9.17) is 0 Å². The van der Waals surface area contributed by atoms with Crippen LogP contribution in [0.1, 0.15) is 12.1 Å². The summed E-state index contributed by atoms with van der Waals surface area (Å²) in [6.07, 6.45) is 4.30. The molecular weight excluding hydrogens is 204 g/mol. The molecule has 2 nitrogen and oxygen atoms in total. The first kappa shape index (κ1) is 11.0. The van der Waals surface area contributed by atoms with Crippen LogP contribution in [0.4, 0.5) is 0 Å². The van der Waals surface area contributed by atoms with Gasteiger partial charge in [-0.15, -0.1) is 0 Å². The van der Waals surface area contributed by atoms with E-state index in [1.807, 2.05) is 12.3 Å². The zero-order valence-electron chi connectivity index (χ0n) is 8.98. The van der Waals surface area contributed by atoms with Gasteiger partial charge in [-0.3, -0.25) is 4.98 Å². The smallest absolute Gasteiger partial charge is 0.0416 e. The third-order valence-electron chi connectivity index (χ3n) is 2.74.